The van der Waals surface area contributed by atoms with Crippen molar-refractivity contribution < 1.29 is 42.1 Å². The van der Waals surface area contributed by atoms with Gasteiger partial charge in [-0.05, 0) is 165 Å². The lowest BCUT2D eigenvalue weighted by molar-refractivity contribution is -0.274. The lowest BCUT2D eigenvalue weighted by atomic mass is 9.73. The molecule has 82 heavy (non-hydrogen) atoms. The van der Waals surface area contributed by atoms with Crippen LogP contribution in [0.3, 0.4) is 0 Å². The minimum atomic E-state index is -4.88. The van der Waals surface area contributed by atoms with Crippen molar-refractivity contribution in [3.05, 3.63) is 143 Å². The topological polar surface area (TPSA) is 158 Å². The Labute approximate surface area is 483 Å². The van der Waals surface area contributed by atoms with Crippen molar-refractivity contribution >= 4 is 90.2 Å². The van der Waals surface area contributed by atoms with Crippen LogP contribution < -0.4 is 35.8 Å². The van der Waals surface area contributed by atoms with Crippen molar-refractivity contribution in [2.24, 2.45) is 10.8 Å². The number of phenols is 2. The number of halogens is 5. The van der Waals surface area contributed by atoms with Gasteiger partial charge in [-0.3, -0.25) is 5.32 Å². The molecule has 0 aliphatic carbocycles. The summed E-state index contributed by atoms with van der Waals surface area (Å²) in [6.45, 7) is 16.9. The van der Waals surface area contributed by atoms with Gasteiger partial charge in [0.2, 0.25) is 0 Å². The maximum absolute atomic E-state index is 15.3. The Balaban J connectivity index is 0.811. The average Bonchev–Trinajstić information content (AvgIpc) is 3.49. The number of phenolic OH excluding ortho intramolecular Hbond substituents is 2. The molecule has 14 nitrogen and oxygen atoms in total. The van der Waals surface area contributed by atoms with E-state index < -0.39 is 35.4 Å². The van der Waals surface area contributed by atoms with Crippen LogP contribution in [0.5, 0.6) is 17.2 Å². The van der Waals surface area contributed by atoms with Crippen LogP contribution in [0, 0.1) is 16.6 Å². The van der Waals surface area contributed by atoms with E-state index >= 15 is 4.39 Å². The van der Waals surface area contributed by atoms with Crippen molar-refractivity contribution in [3.8, 4) is 17.2 Å². The number of carbonyl (C=O) groups is 2. The molecule has 11 rings (SSSR count). The molecule has 4 aliphatic heterocycles. The highest BCUT2D eigenvalue weighted by Gasteiger charge is 2.49. The summed E-state index contributed by atoms with van der Waals surface area (Å²) in [6, 6.07) is 31.0. The van der Waals surface area contributed by atoms with Crippen molar-refractivity contribution in [3.63, 3.8) is 0 Å². The molecule has 4 aliphatic rings. The zero-order chi connectivity index (χ0) is 57.9. The molecule has 1 aromatic heterocycles. The number of nitrogens with one attached hydrogen (secondary N) is 4. The molecule has 6 aromatic carbocycles. The number of rotatable bonds is 12. The van der Waals surface area contributed by atoms with E-state index in [0.717, 1.165) is 121 Å². The number of ether oxygens (including phenoxy) is 1. The Bertz CT molecular complexity index is 3560. The molecule has 7 aromatic rings. The fourth-order valence-electron chi connectivity index (χ4n) is 12.9. The highest BCUT2D eigenvalue weighted by molar-refractivity contribution is 7.22. The maximum Gasteiger partial charge on any atom is 0.573 e. The van der Waals surface area contributed by atoms with Crippen molar-refractivity contribution in [1.82, 2.24) is 14.8 Å². The van der Waals surface area contributed by atoms with Crippen molar-refractivity contribution in [1.29, 1.82) is 0 Å². The summed E-state index contributed by atoms with van der Waals surface area (Å²) in [5, 5.41) is 35.8. The molecular weight excluding hydrogens is 1090 g/mol. The third-order valence-electron chi connectivity index (χ3n) is 16.3. The number of carbonyl (C=O) groups excluding carboxylic acids is 2. The molecule has 5 heterocycles. The molecule has 4 amide bonds. The van der Waals surface area contributed by atoms with Crippen LogP contribution in [0.1, 0.15) is 77.0 Å². The van der Waals surface area contributed by atoms with Gasteiger partial charge in [0.05, 0.1) is 44.3 Å². The van der Waals surface area contributed by atoms with Gasteiger partial charge in [-0.1, -0.05) is 87.9 Å². The zero-order valence-corrected chi connectivity index (χ0v) is 47.9. The molecule has 0 atom stereocenters. The number of anilines is 8. The normalized spacial score (nSPS) is 17.0. The number of urea groups is 2. The van der Waals surface area contributed by atoms with E-state index in [-0.39, 0.29) is 33.4 Å². The fourth-order valence-corrected chi connectivity index (χ4v) is 14.1. The molecule has 0 bridgehead atoms. The molecule has 430 valence electrons. The Morgan fingerprint density at radius 3 is 1.98 bits per heavy atom. The number of aromatic nitrogens is 1. The monoisotopic (exact) mass is 1160 g/mol. The van der Waals surface area contributed by atoms with Crippen LogP contribution in [-0.2, 0) is 17.3 Å². The molecule has 2 spiro atoms. The summed E-state index contributed by atoms with van der Waals surface area (Å²) >= 11 is 7.53. The number of hydrogen-bond acceptors (Lipinski definition) is 11. The van der Waals surface area contributed by atoms with Crippen molar-refractivity contribution in [2.75, 3.05) is 83.4 Å². The first kappa shape index (κ1) is 56.5. The van der Waals surface area contributed by atoms with Gasteiger partial charge in [-0.15, -0.1) is 13.2 Å². The minimum absolute atomic E-state index is 0.0891. The van der Waals surface area contributed by atoms with E-state index in [9.17, 15) is 33.0 Å². The number of fused-ring (bicyclic) bond motifs is 5. The Kier molecular flexibility index (Phi) is 15.0. The molecule has 20 heteroatoms. The maximum atomic E-state index is 15.3. The molecular formula is C62H66ClF4N9O5S. The fraction of sp³-hybridized carbons (Fsp3) is 0.371. The van der Waals surface area contributed by atoms with E-state index in [2.05, 4.69) is 86.4 Å². The summed E-state index contributed by atoms with van der Waals surface area (Å²) in [5.74, 6) is -0.995. The lowest BCUT2D eigenvalue weighted by Gasteiger charge is -2.43. The minimum Gasteiger partial charge on any atom is -0.506 e. The number of nitrogens with zero attached hydrogens (tertiary/aromatic N) is 5. The largest absolute Gasteiger partial charge is 0.573 e. The summed E-state index contributed by atoms with van der Waals surface area (Å²) in [6.07, 6.45) is -1.16. The van der Waals surface area contributed by atoms with Gasteiger partial charge in [-0.25, -0.2) is 19.0 Å². The SMILES string of the molecule is CC(C)(C)CN1CCC2(CC1)CN(c1ccc(CC(C)(C)CN3CCC4(CC3)CN(c3ccccc3NC(=O)Nc3nc5ccc(Cl)cc5s3)c3c(O)cccc34)cc1NC(=O)Nc1ccc(OC(F)(F)F)cc1)c1c(O)cc(F)cc12. The second-order valence-corrected chi connectivity index (χ2v) is 25.9. The molecule has 2 fully saturated rings. The molecule has 0 saturated carbocycles. The van der Waals surface area contributed by atoms with Crippen LogP contribution >= 0.6 is 22.9 Å². The third kappa shape index (κ3) is 12.1. The second kappa shape index (κ2) is 21.8. The molecule has 6 N–H and O–H groups in total. The average molecular weight is 1160 g/mol. The second-order valence-electron chi connectivity index (χ2n) is 24.4. The highest BCUT2D eigenvalue weighted by Crippen LogP contribution is 2.56. The number of aromatic hydroxyl groups is 2. The first-order valence-electron chi connectivity index (χ1n) is 27.5. The smallest absolute Gasteiger partial charge is 0.506 e. The van der Waals surface area contributed by atoms with Gasteiger partial charge in [0.1, 0.15) is 23.1 Å². The predicted octanol–water partition coefficient (Wildman–Crippen LogP) is 15.0. The van der Waals surface area contributed by atoms with Crippen LogP contribution in [-0.4, -0.2) is 95.8 Å². The Hall–Kier alpha value is -7.32. The van der Waals surface area contributed by atoms with Crippen LogP contribution in [0.2, 0.25) is 5.02 Å². The molecule has 0 radical (unpaired) electrons. The molecule has 2 saturated heterocycles. The Morgan fingerprint density at radius 1 is 0.671 bits per heavy atom. The van der Waals surface area contributed by atoms with Crippen LogP contribution in [0.25, 0.3) is 10.2 Å². The number of para-hydroxylation sites is 3. The van der Waals surface area contributed by atoms with E-state index in [4.69, 9.17) is 11.6 Å². The number of hydrogen-bond donors (Lipinski definition) is 6. The zero-order valence-electron chi connectivity index (χ0n) is 46.3. The predicted molar refractivity (Wildman–Crippen MR) is 318 cm³/mol. The van der Waals surface area contributed by atoms with Gasteiger partial charge < -0.3 is 50.5 Å². The van der Waals surface area contributed by atoms with Crippen molar-refractivity contribution in [2.45, 2.75) is 83.9 Å². The van der Waals surface area contributed by atoms with E-state index in [1.165, 1.54) is 29.5 Å². The number of thiazole rings is 1. The number of piperidine rings is 2. The van der Waals surface area contributed by atoms with E-state index in [0.29, 0.717) is 52.4 Å². The number of alkyl halides is 3. The lowest BCUT2D eigenvalue weighted by Crippen LogP contribution is -2.47. The highest BCUT2D eigenvalue weighted by atomic mass is 35.5. The molecule has 0 unspecified atom stereocenters. The standard InChI is InChI=1S/C62H66ClF4N9O5S/c1-58(2,3)34-73-25-23-61(24-26-73)37-76(54-44(61)31-40(64)32-51(54)78)49-20-13-38(29-47(49)70-55(79)68-41-15-17-42(18-16-41)81-62(65,66)67)33-59(4,5)35-74-27-21-60(22-28-74)36-75(53-43(60)9-8-12-50(53)77)48-11-7-6-10-45(48)69-56(80)72-57-71-46-19-14-39(63)30-52(46)82-57/h6-20,29-32,77-78H,21-28,33-37H2,1-5H3,(H2,68,70,79)(H2,69,71,72,80). The van der Waals surface area contributed by atoms with Gasteiger partial charge in [0, 0.05) is 53.8 Å². The van der Waals surface area contributed by atoms with Crippen LogP contribution in [0.4, 0.5) is 72.1 Å². The number of amides is 4. The van der Waals surface area contributed by atoms with Gasteiger partial charge in [-0.2, -0.15) is 0 Å². The summed E-state index contributed by atoms with van der Waals surface area (Å²) in [7, 11) is 0. The van der Waals surface area contributed by atoms with E-state index in [1.807, 2.05) is 65.6 Å². The summed E-state index contributed by atoms with van der Waals surface area (Å²) < 4.78 is 59.1. The van der Waals surface area contributed by atoms with Gasteiger partial charge in [0.15, 0.2) is 5.13 Å². The van der Waals surface area contributed by atoms with Gasteiger partial charge in [0.25, 0.3) is 0 Å². The van der Waals surface area contributed by atoms with Gasteiger partial charge >= 0.3 is 18.4 Å². The van der Waals surface area contributed by atoms with Crippen LogP contribution in [0.15, 0.2) is 115 Å². The summed E-state index contributed by atoms with van der Waals surface area (Å²) in [4.78, 5) is 41.1. The first-order chi connectivity index (χ1) is 38.9. The summed E-state index contributed by atoms with van der Waals surface area (Å²) in [5.41, 5.74) is 6.28. The third-order valence-corrected chi connectivity index (χ3v) is 17.5. The quantitative estimate of drug-likeness (QED) is 0.0651. The number of likely N-dealkylation sites (tertiary alicyclic amines) is 2. The van der Waals surface area contributed by atoms with E-state index in [1.54, 1.807) is 12.1 Å². The first-order valence-corrected chi connectivity index (χ1v) is 28.7. The Morgan fingerprint density at radius 2 is 1.29 bits per heavy atom. The number of benzene rings is 6.